The lowest BCUT2D eigenvalue weighted by Crippen LogP contribution is -2.16. The molecule has 52 heavy (non-hydrogen) atoms. The minimum absolute atomic E-state index is 0.000404. The smallest absolute Gasteiger partial charge is 0.339 e. The van der Waals surface area contributed by atoms with Crippen molar-refractivity contribution in [3.63, 3.8) is 0 Å². The van der Waals surface area contributed by atoms with E-state index in [2.05, 4.69) is 9.44 Å². The highest BCUT2D eigenvalue weighted by atomic mass is 32.2. The molecular weight excluding hydrogens is 717 g/mol. The molecule has 0 fully saturated rings. The number of carbonyl (C=O) groups is 2. The van der Waals surface area contributed by atoms with Gasteiger partial charge in [-0.3, -0.25) is 9.44 Å². The number of unbranched alkanes of at least 4 members (excludes halogenated alkanes) is 1. The second kappa shape index (κ2) is 20.4. The summed E-state index contributed by atoms with van der Waals surface area (Å²) in [6, 6.07) is 25.8. The Morgan fingerprint density at radius 3 is 1.33 bits per heavy atom. The Kier molecular flexibility index (Phi) is 16.1. The Bertz CT molecular complexity index is 1950. The van der Waals surface area contributed by atoms with Gasteiger partial charge in [-0.25, -0.2) is 26.4 Å². The number of hydrogen-bond donors (Lipinski definition) is 4. The van der Waals surface area contributed by atoms with Gasteiger partial charge in [0.25, 0.3) is 0 Å². The summed E-state index contributed by atoms with van der Waals surface area (Å²) in [6.07, 6.45) is 1.42. The molecule has 0 bridgehead atoms. The molecule has 0 aliphatic heterocycles. The van der Waals surface area contributed by atoms with Crippen molar-refractivity contribution in [2.45, 2.75) is 26.7 Å². The van der Waals surface area contributed by atoms with Crippen LogP contribution >= 0.6 is 0 Å². The lowest BCUT2D eigenvalue weighted by Gasteiger charge is -2.11. The first-order valence-corrected chi connectivity index (χ1v) is 19.5. The number of ether oxygens (including phenoxy) is 4. The highest BCUT2D eigenvalue weighted by Gasteiger charge is 2.12. The zero-order valence-electron chi connectivity index (χ0n) is 28.7. The minimum Gasteiger partial charge on any atom is -0.490 e. The molecule has 4 N–H and O–H groups in total. The van der Waals surface area contributed by atoms with E-state index >= 15 is 0 Å². The predicted octanol–water partition coefficient (Wildman–Crippen LogP) is 5.99. The fourth-order valence-corrected chi connectivity index (χ4v) is 6.12. The molecule has 0 aliphatic rings. The monoisotopic (exact) mass is 758 g/mol. The third-order valence-electron chi connectivity index (χ3n) is 6.86. The van der Waals surface area contributed by atoms with Crippen LogP contribution in [0.15, 0.2) is 97.1 Å². The van der Waals surface area contributed by atoms with E-state index in [-0.39, 0.29) is 60.6 Å². The van der Waals surface area contributed by atoms with Crippen LogP contribution in [-0.2, 0) is 20.0 Å². The van der Waals surface area contributed by atoms with Gasteiger partial charge in [-0.15, -0.1) is 0 Å². The van der Waals surface area contributed by atoms with Crippen molar-refractivity contribution in [2.24, 2.45) is 0 Å². The van der Waals surface area contributed by atoms with Gasteiger partial charge in [0.2, 0.25) is 20.0 Å². The molecule has 0 spiro atoms. The Morgan fingerprint density at radius 2 is 0.942 bits per heavy atom. The Balaban J connectivity index is 0.000000281. The maximum atomic E-state index is 11.9. The molecule has 4 aromatic carbocycles. The number of carboxylic acids is 2. The molecule has 14 nitrogen and oxygen atoms in total. The van der Waals surface area contributed by atoms with Gasteiger partial charge in [0, 0.05) is 11.4 Å². The molecule has 16 heteroatoms. The van der Waals surface area contributed by atoms with Crippen molar-refractivity contribution in [1.29, 1.82) is 0 Å². The lowest BCUT2D eigenvalue weighted by atomic mass is 10.2. The van der Waals surface area contributed by atoms with Crippen LogP contribution in [0.25, 0.3) is 0 Å². The molecule has 0 heterocycles. The van der Waals surface area contributed by atoms with Crippen LogP contribution in [0.1, 0.15) is 47.4 Å². The fraction of sp³-hybridized carbons (Fsp3) is 0.278. The van der Waals surface area contributed by atoms with Crippen molar-refractivity contribution < 1.29 is 55.6 Å². The first-order chi connectivity index (χ1) is 24.8. The number of carboxylic acid groups (broad SMARTS) is 2. The van der Waals surface area contributed by atoms with Gasteiger partial charge >= 0.3 is 11.9 Å². The number of para-hydroxylation sites is 2. The number of nitrogens with one attached hydrogen (secondary N) is 2. The Morgan fingerprint density at radius 1 is 0.558 bits per heavy atom. The van der Waals surface area contributed by atoms with Crippen molar-refractivity contribution in [3.05, 3.63) is 108 Å². The summed E-state index contributed by atoms with van der Waals surface area (Å²) in [6.45, 7) is 4.28. The van der Waals surface area contributed by atoms with Gasteiger partial charge in [0.15, 0.2) is 0 Å². The predicted molar refractivity (Wildman–Crippen MR) is 197 cm³/mol. The Hall–Kier alpha value is -5.48. The largest absolute Gasteiger partial charge is 0.490 e. The molecule has 0 saturated carbocycles. The maximum Gasteiger partial charge on any atom is 0.339 e. The number of sulfonamides is 2. The van der Waals surface area contributed by atoms with Crippen molar-refractivity contribution in [1.82, 2.24) is 0 Å². The van der Waals surface area contributed by atoms with Gasteiger partial charge in [0.05, 0.1) is 11.5 Å². The van der Waals surface area contributed by atoms with Gasteiger partial charge in [-0.05, 0) is 86.1 Å². The first-order valence-electron chi connectivity index (χ1n) is 16.2. The fourth-order valence-electron chi connectivity index (χ4n) is 4.22. The van der Waals surface area contributed by atoms with E-state index in [9.17, 15) is 26.4 Å². The Labute approximate surface area is 303 Å². The minimum atomic E-state index is -3.33. The highest BCUT2D eigenvalue weighted by molar-refractivity contribution is 7.92. The van der Waals surface area contributed by atoms with Gasteiger partial charge in [-0.2, -0.15) is 0 Å². The quantitative estimate of drug-likeness (QED) is 0.0768. The number of aromatic carboxylic acids is 2. The zero-order chi connectivity index (χ0) is 38.0. The summed E-state index contributed by atoms with van der Waals surface area (Å²) in [5, 5.41) is 18.2. The van der Waals surface area contributed by atoms with Crippen LogP contribution in [-0.4, -0.2) is 76.9 Å². The molecule has 4 rings (SSSR count). The van der Waals surface area contributed by atoms with Crippen LogP contribution in [0.4, 0.5) is 11.4 Å². The molecule has 0 aromatic heterocycles. The van der Waals surface area contributed by atoms with E-state index in [0.717, 1.165) is 6.42 Å². The summed E-state index contributed by atoms with van der Waals surface area (Å²) in [5.41, 5.74) is 1.12. The van der Waals surface area contributed by atoms with E-state index in [4.69, 9.17) is 29.2 Å². The molecular formula is C36H42N2O12S2. The molecule has 4 aromatic rings. The van der Waals surface area contributed by atoms with Crippen LogP contribution in [0.2, 0.25) is 0 Å². The molecule has 0 aliphatic carbocycles. The molecule has 280 valence electrons. The third-order valence-corrected chi connectivity index (χ3v) is 9.54. The molecule has 0 radical (unpaired) electrons. The van der Waals surface area contributed by atoms with Crippen LogP contribution < -0.4 is 28.4 Å². The van der Waals surface area contributed by atoms with E-state index < -0.39 is 32.0 Å². The van der Waals surface area contributed by atoms with Crippen LogP contribution in [0.5, 0.6) is 23.0 Å². The van der Waals surface area contributed by atoms with E-state index in [1.165, 1.54) is 12.1 Å². The summed E-state index contributed by atoms with van der Waals surface area (Å²) < 4.78 is 73.5. The normalized spacial score (nSPS) is 11.0. The van der Waals surface area contributed by atoms with Gasteiger partial charge in [-0.1, -0.05) is 37.6 Å². The van der Waals surface area contributed by atoms with Crippen LogP contribution in [0.3, 0.4) is 0 Å². The number of benzene rings is 4. The maximum absolute atomic E-state index is 11.9. The van der Waals surface area contributed by atoms with Crippen molar-refractivity contribution in [3.8, 4) is 23.0 Å². The SMILES string of the molecule is CCCCS(=O)(=O)Nc1ccc(OCCOc2ccccc2C(=O)O)cc1.CCS(=O)(=O)Nc1ccc(OCCOc2ccccc2C(=O)O)cc1. The van der Waals surface area contributed by atoms with Gasteiger partial charge < -0.3 is 29.2 Å². The number of anilines is 2. The third kappa shape index (κ3) is 14.4. The molecule has 0 atom stereocenters. The van der Waals surface area contributed by atoms with Crippen LogP contribution in [0, 0.1) is 0 Å². The zero-order valence-corrected chi connectivity index (χ0v) is 30.3. The topological polar surface area (TPSA) is 204 Å². The highest BCUT2D eigenvalue weighted by Crippen LogP contribution is 2.21. The average Bonchev–Trinajstić information content (AvgIpc) is 3.12. The van der Waals surface area contributed by atoms with Crippen molar-refractivity contribution in [2.75, 3.05) is 47.4 Å². The summed E-state index contributed by atoms with van der Waals surface area (Å²) in [5.74, 6) is -0.341. The average molecular weight is 759 g/mol. The standard InChI is InChI=1S/C19H23NO6S.C17H19NO6S/c1-2-3-14-27(23,24)20-15-8-10-16(11-9-15)25-12-13-26-18-7-5-4-6-17(18)19(21)22;1-2-25(21,22)18-13-7-9-14(10-8-13)23-11-12-24-16-6-4-3-5-15(16)17(19)20/h4-11,20H,2-3,12-14H2,1H3,(H,21,22);3-10,18H,2,11-12H2,1H3,(H,19,20). The van der Waals surface area contributed by atoms with E-state index in [0.29, 0.717) is 29.3 Å². The molecule has 0 saturated heterocycles. The first kappa shape index (κ1) is 40.9. The second-order valence-electron chi connectivity index (χ2n) is 10.8. The lowest BCUT2D eigenvalue weighted by molar-refractivity contribution is 0.0680. The summed E-state index contributed by atoms with van der Waals surface area (Å²) >= 11 is 0. The summed E-state index contributed by atoms with van der Waals surface area (Å²) in [4.78, 5) is 22.2. The second-order valence-corrected chi connectivity index (χ2v) is 14.7. The molecule has 0 amide bonds. The van der Waals surface area contributed by atoms with E-state index in [1.54, 1.807) is 91.9 Å². The summed E-state index contributed by atoms with van der Waals surface area (Å²) in [7, 11) is -6.64. The molecule has 0 unspecified atom stereocenters. The number of rotatable bonds is 20. The number of hydrogen-bond acceptors (Lipinski definition) is 10. The van der Waals surface area contributed by atoms with Crippen molar-refractivity contribution >= 4 is 43.4 Å². The van der Waals surface area contributed by atoms with Gasteiger partial charge in [0.1, 0.15) is 60.6 Å². The van der Waals surface area contributed by atoms with E-state index in [1.807, 2.05) is 6.92 Å².